The van der Waals surface area contributed by atoms with Gasteiger partial charge in [-0.05, 0) is 24.6 Å². The van der Waals surface area contributed by atoms with Gasteiger partial charge in [0.2, 0.25) is 0 Å². The van der Waals surface area contributed by atoms with Crippen molar-refractivity contribution in [1.82, 2.24) is 9.78 Å². The van der Waals surface area contributed by atoms with Gasteiger partial charge in [-0.25, -0.2) is 4.39 Å². The Morgan fingerprint density at radius 3 is 2.67 bits per heavy atom. The second-order valence-corrected chi connectivity index (χ2v) is 4.38. The van der Waals surface area contributed by atoms with Crippen molar-refractivity contribution < 1.29 is 9.18 Å². The van der Waals surface area contributed by atoms with Crippen molar-refractivity contribution in [3.05, 3.63) is 53.1 Å². The molecule has 2 rings (SSSR count). The summed E-state index contributed by atoms with van der Waals surface area (Å²) in [5.74, 6) is -0.338. The van der Waals surface area contributed by atoms with Gasteiger partial charge in [-0.15, -0.1) is 0 Å². The van der Waals surface area contributed by atoms with Crippen molar-refractivity contribution >= 4 is 5.78 Å². The Morgan fingerprint density at radius 2 is 2.06 bits per heavy atom. The second-order valence-electron chi connectivity index (χ2n) is 4.38. The van der Waals surface area contributed by atoms with Gasteiger partial charge in [-0.1, -0.05) is 18.2 Å². The minimum atomic E-state index is -0.327. The number of nitrogens with zero attached hydrogens (tertiary/aromatic N) is 2. The summed E-state index contributed by atoms with van der Waals surface area (Å²) in [5.41, 5.74) is 2.18. The summed E-state index contributed by atoms with van der Waals surface area (Å²) in [7, 11) is 1.80. The number of Topliss-reactive ketones (excluding diaryl/α,β-unsaturated/α-hetero) is 1. The lowest BCUT2D eigenvalue weighted by atomic mass is 10.1. The number of hydrogen-bond acceptors (Lipinski definition) is 2. The lowest BCUT2D eigenvalue weighted by Crippen LogP contribution is -2.10. The maximum absolute atomic E-state index is 13.4. The molecule has 1 aromatic carbocycles. The lowest BCUT2D eigenvalue weighted by molar-refractivity contribution is -0.117. The molecule has 0 N–H and O–H groups in total. The first kappa shape index (κ1) is 12.5. The molecule has 0 radical (unpaired) electrons. The summed E-state index contributed by atoms with van der Waals surface area (Å²) in [6.07, 6.45) is 0.405. The van der Waals surface area contributed by atoms with Crippen LogP contribution in [-0.2, 0) is 24.7 Å². The fourth-order valence-corrected chi connectivity index (χ4v) is 1.95. The molecule has 0 aliphatic heterocycles. The highest BCUT2D eigenvalue weighted by Crippen LogP contribution is 2.10. The molecule has 0 unspecified atom stereocenters. The first-order valence-electron chi connectivity index (χ1n) is 5.81. The molecule has 94 valence electrons. The summed E-state index contributed by atoms with van der Waals surface area (Å²) in [6, 6.07) is 8.24. The third kappa shape index (κ3) is 2.83. The Balaban J connectivity index is 2.06. The summed E-state index contributed by atoms with van der Waals surface area (Å²) < 4.78 is 15.1. The average Bonchev–Trinajstić information content (AvgIpc) is 2.61. The minimum absolute atomic E-state index is 0.0110. The van der Waals surface area contributed by atoms with Crippen LogP contribution in [0.2, 0.25) is 0 Å². The number of aromatic nitrogens is 2. The van der Waals surface area contributed by atoms with E-state index < -0.39 is 0 Å². The van der Waals surface area contributed by atoms with Crippen molar-refractivity contribution in [3.8, 4) is 0 Å². The zero-order chi connectivity index (χ0) is 13.1. The third-order valence-electron chi connectivity index (χ3n) is 2.82. The van der Waals surface area contributed by atoms with Crippen LogP contribution in [0.5, 0.6) is 0 Å². The molecule has 0 saturated heterocycles. The van der Waals surface area contributed by atoms with E-state index in [0.29, 0.717) is 5.56 Å². The van der Waals surface area contributed by atoms with Gasteiger partial charge in [-0.2, -0.15) is 5.10 Å². The molecule has 0 fully saturated rings. The number of benzene rings is 1. The van der Waals surface area contributed by atoms with E-state index in [9.17, 15) is 9.18 Å². The van der Waals surface area contributed by atoms with Crippen molar-refractivity contribution in [2.75, 3.05) is 0 Å². The van der Waals surface area contributed by atoms with Crippen LogP contribution in [0.3, 0.4) is 0 Å². The largest absolute Gasteiger partial charge is 0.299 e. The summed E-state index contributed by atoms with van der Waals surface area (Å²) >= 11 is 0. The van der Waals surface area contributed by atoms with Gasteiger partial charge >= 0.3 is 0 Å². The van der Waals surface area contributed by atoms with Crippen molar-refractivity contribution in [1.29, 1.82) is 0 Å². The van der Waals surface area contributed by atoms with E-state index in [4.69, 9.17) is 0 Å². The summed E-state index contributed by atoms with van der Waals surface area (Å²) in [4.78, 5) is 11.9. The SMILES string of the molecule is Cc1cc(CC(=O)Cc2ccccc2F)n(C)n1. The van der Waals surface area contributed by atoms with Gasteiger partial charge < -0.3 is 0 Å². The van der Waals surface area contributed by atoms with Crippen LogP contribution in [-0.4, -0.2) is 15.6 Å². The van der Waals surface area contributed by atoms with Gasteiger partial charge in [0.1, 0.15) is 11.6 Å². The van der Waals surface area contributed by atoms with Crippen molar-refractivity contribution in [2.24, 2.45) is 7.05 Å². The Hall–Kier alpha value is -1.97. The molecule has 0 saturated carbocycles. The first-order chi connectivity index (χ1) is 8.56. The number of rotatable bonds is 4. The lowest BCUT2D eigenvalue weighted by Gasteiger charge is -2.03. The number of ketones is 1. The van der Waals surface area contributed by atoms with Crippen LogP contribution < -0.4 is 0 Å². The van der Waals surface area contributed by atoms with E-state index in [1.54, 1.807) is 29.9 Å². The van der Waals surface area contributed by atoms with E-state index in [1.165, 1.54) is 6.07 Å². The number of carbonyl (C=O) groups is 1. The average molecular weight is 246 g/mol. The van der Waals surface area contributed by atoms with E-state index >= 15 is 0 Å². The van der Waals surface area contributed by atoms with E-state index in [2.05, 4.69) is 5.10 Å². The maximum atomic E-state index is 13.4. The number of carbonyl (C=O) groups excluding carboxylic acids is 1. The minimum Gasteiger partial charge on any atom is -0.299 e. The van der Waals surface area contributed by atoms with Gasteiger partial charge in [0.05, 0.1) is 5.69 Å². The van der Waals surface area contributed by atoms with Crippen molar-refractivity contribution in [2.45, 2.75) is 19.8 Å². The zero-order valence-corrected chi connectivity index (χ0v) is 10.5. The number of hydrogen-bond donors (Lipinski definition) is 0. The van der Waals surface area contributed by atoms with Gasteiger partial charge in [0.25, 0.3) is 0 Å². The highest BCUT2D eigenvalue weighted by Gasteiger charge is 2.11. The topological polar surface area (TPSA) is 34.9 Å². The standard InChI is InChI=1S/C14H15FN2O/c1-10-7-12(17(2)16-10)9-13(18)8-11-5-3-4-6-14(11)15/h3-7H,8-9H2,1-2H3. The molecule has 4 heteroatoms. The Labute approximate surface area is 105 Å². The van der Waals surface area contributed by atoms with E-state index in [1.807, 2.05) is 13.0 Å². The van der Waals surface area contributed by atoms with Crippen LogP contribution in [0.15, 0.2) is 30.3 Å². The molecular formula is C14H15FN2O. The molecule has 0 amide bonds. The van der Waals surface area contributed by atoms with Gasteiger partial charge in [-0.3, -0.25) is 9.48 Å². The van der Waals surface area contributed by atoms with Gasteiger partial charge in [0, 0.05) is 25.6 Å². The highest BCUT2D eigenvalue weighted by molar-refractivity contribution is 5.82. The van der Waals surface area contributed by atoms with Crippen LogP contribution in [0.1, 0.15) is 17.0 Å². The van der Waals surface area contributed by atoms with E-state index in [0.717, 1.165) is 11.4 Å². The quantitative estimate of drug-likeness (QED) is 0.829. The molecule has 0 spiro atoms. The summed E-state index contributed by atoms with van der Waals surface area (Å²) in [6.45, 7) is 1.88. The smallest absolute Gasteiger partial charge is 0.143 e. The van der Waals surface area contributed by atoms with Crippen LogP contribution >= 0.6 is 0 Å². The van der Waals surface area contributed by atoms with Gasteiger partial charge in [0.15, 0.2) is 0 Å². The van der Waals surface area contributed by atoms with E-state index in [-0.39, 0.29) is 24.4 Å². The fourth-order valence-electron chi connectivity index (χ4n) is 1.95. The highest BCUT2D eigenvalue weighted by atomic mass is 19.1. The molecule has 1 heterocycles. The molecular weight excluding hydrogens is 231 g/mol. The predicted molar refractivity (Wildman–Crippen MR) is 66.8 cm³/mol. The maximum Gasteiger partial charge on any atom is 0.143 e. The molecule has 2 aromatic rings. The Bertz CT molecular complexity index is 575. The molecule has 0 atom stereocenters. The fraction of sp³-hybridized carbons (Fsp3) is 0.286. The normalized spacial score (nSPS) is 10.6. The Morgan fingerprint density at radius 1 is 1.33 bits per heavy atom. The van der Waals surface area contributed by atoms with Crippen LogP contribution in [0.25, 0.3) is 0 Å². The molecule has 18 heavy (non-hydrogen) atoms. The number of aryl methyl sites for hydroxylation is 2. The van der Waals surface area contributed by atoms with Crippen LogP contribution in [0.4, 0.5) is 4.39 Å². The van der Waals surface area contributed by atoms with Crippen molar-refractivity contribution in [3.63, 3.8) is 0 Å². The third-order valence-corrected chi connectivity index (χ3v) is 2.82. The molecule has 0 bridgehead atoms. The monoisotopic (exact) mass is 246 g/mol. The second kappa shape index (κ2) is 5.12. The molecule has 0 aliphatic rings. The first-order valence-corrected chi connectivity index (χ1v) is 5.81. The molecule has 1 aromatic heterocycles. The Kier molecular flexibility index (Phi) is 3.55. The summed E-state index contributed by atoms with van der Waals surface area (Å²) in [5, 5.41) is 4.18. The van der Waals surface area contributed by atoms with Crippen LogP contribution in [0, 0.1) is 12.7 Å². The number of halogens is 1. The zero-order valence-electron chi connectivity index (χ0n) is 10.5. The molecule has 3 nitrogen and oxygen atoms in total. The predicted octanol–water partition coefficient (Wildman–Crippen LogP) is 2.22. The molecule has 0 aliphatic carbocycles.